The van der Waals surface area contributed by atoms with Gasteiger partial charge < -0.3 is 4.42 Å². The first-order valence-corrected chi connectivity index (χ1v) is 12.5. The van der Waals surface area contributed by atoms with E-state index in [1.165, 1.54) is 5.56 Å². The van der Waals surface area contributed by atoms with Crippen molar-refractivity contribution >= 4 is 21.7 Å². The number of fused-ring (bicyclic) bond motifs is 2. The molecule has 5 aromatic carbocycles. The van der Waals surface area contributed by atoms with E-state index in [4.69, 9.17) is 4.42 Å². The van der Waals surface area contributed by atoms with Gasteiger partial charge in [-0.3, -0.25) is 4.98 Å². The van der Waals surface area contributed by atoms with Crippen molar-refractivity contribution in [3.8, 4) is 44.9 Å². The monoisotopic (exact) mass is 473 g/mol. The highest BCUT2D eigenvalue weighted by Gasteiger charge is 2.21. The van der Waals surface area contributed by atoms with Gasteiger partial charge in [-0.1, -0.05) is 115 Å². The van der Waals surface area contributed by atoms with E-state index in [0.717, 1.165) is 61.0 Å². The molecule has 0 aliphatic rings. The van der Waals surface area contributed by atoms with Gasteiger partial charge in [0.1, 0.15) is 11.5 Å². The highest BCUT2D eigenvalue weighted by molar-refractivity contribution is 6.07. The average molecular weight is 474 g/mol. The number of benzene rings is 5. The predicted molar refractivity (Wildman–Crippen MR) is 153 cm³/mol. The van der Waals surface area contributed by atoms with Crippen LogP contribution in [0.5, 0.6) is 0 Å². The molecule has 0 atom stereocenters. The molecule has 0 bridgehead atoms. The Labute approximate surface area is 215 Å². The number of nitrogens with zero attached hydrogens (tertiary/aromatic N) is 1. The number of aromatic nitrogens is 1. The average Bonchev–Trinajstić information content (AvgIpc) is 3.37. The van der Waals surface area contributed by atoms with E-state index in [1.54, 1.807) is 0 Å². The Balaban J connectivity index is 1.53. The molecule has 0 saturated carbocycles. The van der Waals surface area contributed by atoms with E-state index >= 15 is 0 Å². The first-order valence-electron chi connectivity index (χ1n) is 12.5. The van der Waals surface area contributed by atoms with Gasteiger partial charge in [-0.25, -0.2) is 0 Å². The fourth-order valence-corrected chi connectivity index (χ4v) is 5.21. The second kappa shape index (κ2) is 8.92. The first kappa shape index (κ1) is 21.3. The van der Waals surface area contributed by atoms with Crippen LogP contribution < -0.4 is 0 Å². The highest BCUT2D eigenvalue weighted by Crippen LogP contribution is 2.45. The zero-order valence-electron chi connectivity index (χ0n) is 20.1. The lowest BCUT2D eigenvalue weighted by Crippen LogP contribution is -1.87. The van der Waals surface area contributed by atoms with Gasteiger partial charge in [0, 0.05) is 33.5 Å². The Morgan fingerprint density at radius 1 is 0.432 bits per heavy atom. The van der Waals surface area contributed by atoms with Gasteiger partial charge in [-0.15, -0.1) is 0 Å². The Bertz CT molecular complexity index is 1870. The molecule has 0 spiro atoms. The standard InChI is InChI=1S/C35H23NO/c1-3-12-24(13-4-1)27-17-7-8-18-28(27)34-29-19-9-10-20-30(29)35(37-34)32-22-26-16-11-21-36-33(26)23-31(32)25-14-5-2-6-15-25/h1-23H. The molecule has 174 valence electrons. The summed E-state index contributed by atoms with van der Waals surface area (Å²) in [6.07, 6.45) is 1.84. The van der Waals surface area contributed by atoms with Gasteiger partial charge in [0.25, 0.3) is 0 Å². The SMILES string of the molecule is c1ccc(-c2ccccc2-c2oc(-c3cc4cccnc4cc3-c3ccccc3)c3ccccc23)cc1. The summed E-state index contributed by atoms with van der Waals surface area (Å²) in [6.45, 7) is 0. The van der Waals surface area contributed by atoms with Gasteiger partial charge in [0.05, 0.1) is 5.52 Å². The summed E-state index contributed by atoms with van der Waals surface area (Å²) in [5, 5.41) is 3.29. The summed E-state index contributed by atoms with van der Waals surface area (Å²) in [5.74, 6) is 1.76. The van der Waals surface area contributed by atoms with Gasteiger partial charge in [-0.05, 0) is 40.5 Å². The van der Waals surface area contributed by atoms with Crippen LogP contribution in [0.15, 0.2) is 144 Å². The molecule has 0 saturated heterocycles. The molecule has 0 aliphatic heterocycles. The zero-order chi connectivity index (χ0) is 24.6. The molecule has 0 N–H and O–H groups in total. The van der Waals surface area contributed by atoms with E-state index in [0.29, 0.717) is 0 Å². The molecule has 2 aromatic heterocycles. The Morgan fingerprint density at radius 2 is 1.00 bits per heavy atom. The molecule has 2 heteroatoms. The van der Waals surface area contributed by atoms with Crippen molar-refractivity contribution in [1.29, 1.82) is 0 Å². The van der Waals surface area contributed by atoms with Crippen LogP contribution in [0.3, 0.4) is 0 Å². The quantitative estimate of drug-likeness (QED) is 0.254. The molecule has 7 rings (SSSR count). The Morgan fingerprint density at radius 3 is 1.70 bits per heavy atom. The van der Waals surface area contributed by atoms with Crippen molar-refractivity contribution in [3.63, 3.8) is 0 Å². The van der Waals surface area contributed by atoms with Crippen LogP contribution >= 0.6 is 0 Å². The van der Waals surface area contributed by atoms with Crippen LogP contribution in [0, 0.1) is 0 Å². The highest BCUT2D eigenvalue weighted by atomic mass is 16.3. The minimum atomic E-state index is 0.873. The topological polar surface area (TPSA) is 26.0 Å². The lowest BCUT2D eigenvalue weighted by molar-refractivity contribution is 0.602. The molecule has 0 radical (unpaired) electrons. The zero-order valence-corrected chi connectivity index (χ0v) is 20.1. The van der Waals surface area contributed by atoms with Crippen LogP contribution in [-0.2, 0) is 0 Å². The number of pyridine rings is 1. The van der Waals surface area contributed by atoms with E-state index in [2.05, 4.69) is 120 Å². The first-order chi connectivity index (χ1) is 18.4. The van der Waals surface area contributed by atoms with Crippen molar-refractivity contribution < 1.29 is 4.42 Å². The number of hydrogen-bond acceptors (Lipinski definition) is 2. The molecule has 0 aliphatic carbocycles. The maximum atomic E-state index is 6.89. The van der Waals surface area contributed by atoms with Gasteiger partial charge in [0.15, 0.2) is 0 Å². The third-order valence-electron chi connectivity index (χ3n) is 6.95. The van der Waals surface area contributed by atoms with E-state index in [9.17, 15) is 0 Å². The van der Waals surface area contributed by atoms with Crippen molar-refractivity contribution in [2.45, 2.75) is 0 Å². The molecule has 0 fully saturated rings. The fraction of sp³-hybridized carbons (Fsp3) is 0. The summed E-state index contributed by atoms with van der Waals surface area (Å²) in [5.41, 5.74) is 7.68. The molecule has 7 aromatic rings. The Kier molecular flexibility index (Phi) is 5.15. The number of hydrogen-bond donors (Lipinski definition) is 0. The lowest BCUT2D eigenvalue weighted by atomic mass is 9.94. The molecule has 2 heterocycles. The second-order valence-electron chi connectivity index (χ2n) is 9.18. The van der Waals surface area contributed by atoms with Gasteiger partial charge in [-0.2, -0.15) is 0 Å². The van der Waals surface area contributed by atoms with Crippen molar-refractivity contribution in [2.75, 3.05) is 0 Å². The molecule has 0 amide bonds. The maximum absolute atomic E-state index is 6.89. The van der Waals surface area contributed by atoms with E-state index < -0.39 is 0 Å². The van der Waals surface area contributed by atoms with Crippen LogP contribution in [0.1, 0.15) is 0 Å². The summed E-state index contributed by atoms with van der Waals surface area (Å²) in [4.78, 5) is 4.63. The summed E-state index contributed by atoms with van der Waals surface area (Å²) in [7, 11) is 0. The minimum absolute atomic E-state index is 0.873. The summed E-state index contributed by atoms with van der Waals surface area (Å²) < 4.78 is 6.89. The van der Waals surface area contributed by atoms with Crippen LogP contribution in [0.25, 0.3) is 66.6 Å². The number of rotatable bonds is 4. The number of furan rings is 1. The fourth-order valence-electron chi connectivity index (χ4n) is 5.21. The largest absolute Gasteiger partial charge is 0.455 e. The molecule has 37 heavy (non-hydrogen) atoms. The third kappa shape index (κ3) is 3.71. The maximum Gasteiger partial charge on any atom is 0.143 e. The summed E-state index contributed by atoms with van der Waals surface area (Å²) in [6, 6.07) is 46.4. The lowest BCUT2D eigenvalue weighted by Gasteiger charge is -2.11. The van der Waals surface area contributed by atoms with Crippen molar-refractivity contribution in [1.82, 2.24) is 4.98 Å². The van der Waals surface area contributed by atoms with Crippen LogP contribution in [0.2, 0.25) is 0 Å². The van der Waals surface area contributed by atoms with Crippen LogP contribution in [0.4, 0.5) is 0 Å². The molecule has 2 nitrogen and oxygen atoms in total. The summed E-state index contributed by atoms with van der Waals surface area (Å²) >= 11 is 0. The molecule has 0 unspecified atom stereocenters. The normalized spacial score (nSPS) is 11.2. The van der Waals surface area contributed by atoms with Gasteiger partial charge >= 0.3 is 0 Å². The molecular weight excluding hydrogens is 450 g/mol. The van der Waals surface area contributed by atoms with Gasteiger partial charge in [0.2, 0.25) is 0 Å². The van der Waals surface area contributed by atoms with E-state index in [-0.39, 0.29) is 0 Å². The molecular formula is C35H23NO. The minimum Gasteiger partial charge on any atom is -0.455 e. The third-order valence-corrected chi connectivity index (χ3v) is 6.95. The van der Waals surface area contributed by atoms with Crippen molar-refractivity contribution in [2.24, 2.45) is 0 Å². The smallest absolute Gasteiger partial charge is 0.143 e. The second-order valence-corrected chi connectivity index (χ2v) is 9.18. The predicted octanol–water partition coefficient (Wildman–Crippen LogP) is 9.65. The van der Waals surface area contributed by atoms with Crippen LogP contribution in [-0.4, -0.2) is 4.98 Å². The Hall–Kier alpha value is -4.95. The van der Waals surface area contributed by atoms with E-state index in [1.807, 2.05) is 24.4 Å². The van der Waals surface area contributed by atoms with Crippen molar-refractivity contribution in [3.05, 3.63) is 140 Å².